The number of carbonyl (C=O) groups is 1. The van der Waals surface area contributed by atoms with Gasteiger partial charge in [0.05, 0.1) is 4.92 Å². The van der Waals surface area contributed by atoms with Crippen molar-refractivity contribution in [2.75, 3.05) is 0 Å². The van der Waals surface area contributed by atoms with Crippen LogP contribution in [-0.4, -0.2) is 10.7 Å². The smallest absolute Gasteiger partial charge is 0.269 e. The first kappa shape index (κ1) is 14.1. The van der Waals surface area contributed by atoms with Gasteiger partial charge >= 0.3 is 0 Å². The first-order chi connectivity index (χ1) is 11.6. The zero-order valence-corrected chi connectivity index (χ0v) is 12.4. The minimum Gasteiger partial charge on any atom is -0.453 e. The Hall–Kier alpha value is -3.47. The second kappa shape index (κ2) is 5.31. The molecule has 5 nitrogen and oxygen atoms in total. The second-order valence-corrected chi connectivity index (χ2v) is 5.44. The summed E-state index contributed by atoms with van der Waals surface area (Å²) in [6.45, 7) is 0. The standard InChI is InChI=1S/C19H11NO4/c21-19(13-5-8-14(9-6-13)20(22)23)18-11-16-15-4-2-1-3-12(15)7-10-17(16)24-18/h1-11H. The van der Waals surface area contributed by atoms with E-state index in [2.05, 4.69) is 0 Å². The lowest BCUT2D eigenvalue weighted by molar-refractivity contribution is -0.384. The Balaban J connectivity index is 1.79. The van der Waals surface area contributed by atoms with Gasteiger partial charge in [0.2, 0.25) is 5.78 Å². The number of fused-ring (bicyclic) bond motifs is 3. The van der Waals surface area contributed by atoms with E-state index in [0.29, 0.717) is 11.1 Å². The van der Waals surface area contributed by atoms with Crippen LogP contribution in [-0.2, 0) is 0 Å². The van der Waals surface area contributed by atoms with Gasteiger partial charge in [-0.15, -0.1) is 0 Å². The molecule has 5 heteroatoms. The average molecular weight is 317 g/mol. The molecule has 4 rings (SSSR count). The van der Waals surface area contributed by atoms with Crippen LogP contribution < -0.4 is 0 Å². The van der Waals surface area contributed by atoms with Crippen molar-refractivity contribution in [1.29, 1.82) is 0 Å². The normalized spacial score (nSPS) is 11.0. The lowest BCUT2D eigenvalue weighted by atomic mass is 10.1. The molecule has 0 saturated carbocycles. The fraction of sp³-hybridized carbons (Fsp3) is 0. The summed E-state index contributed by atoms with van der Waals surface area (Å²) < 4.78 is 5.69. The van der Waals surface area contributed by atoms with Crippen molar-refractivity contribution in [2.45, 2.75) is 0 Å². The van der Waals surface area contributed by atoms with Gasteiger partial charge in [-0.1, -0.05) is 30.3 Å². The highest BCUT2D eigenvalue weighted by atomic mass is 16.6. The van der Waals surface area contributed by atoms with E-state index < -0.39 is 4.92 Å². The number of nitro groups is 1. The predicted octanol–water partition coefficient (Wildman–Crippen LogP) is 4.73. The molecule has 3 aromatic carbocycles. The Morgan fingerprint density at radius 3 is 2.42 bits per heavy atom. The van der Waals surface area contributed by atoms with E-state index in [9.17, 15) is 14.9 Å². The topological polar surface area (TPSA) is 73.3 Å². The molecule has 0 spiro atoms. The van der Waals surface area contributed by atoms with Crippen molar-refractivity contribution >= 4 is 33.2 Å². The van der Waals surface area contributed by atoms with E-state index in [-0.39, 0.29) is 17.2 Å². The van der Waals surface area contributed by atoms with Gasteiger partial charge in [-0.25, -0.2) is 0 Å². The van der Waals surface area contributed by atoms with E-state index >= 15 is 0 Å². The summed E-state index contributed by atoms with van der Waals surface area (Å²) in [7, 11) is 0. The van der Waals surface area contributed by atoms with Crippen LogP contribution in [0.15, 0.2) is 71.1 Å². The lowest BCUT2D eigenvalue weighted by Gasteiger charge is -1.97. The fourth-order valence-corrected chi connectivity index (χ4v) is 2.78. The third-order valence-corrected chi connectivity index (χ3v) is 3.99. The van der Waals surface area contributed by atoms with Gasteiger partial charge in [0, 0.05) is 23.1 Å². The van der Waals surface area contributed by atoms with Gasteiger partial charge in [0.15, 0.2) is 5.76 Å². The quantitative estimate of drug-likeness (QED) is 0.311. The van der Waals surface area contributed by atoms with Crippen LogP contribution in [0.1, 0.15) is 16.1 Å². The maximum absolute atomic E-state index is 12.6. The van der Waals surface area contributed by atoms with Crippen LogP contribution in [0.4, 0.5) is 5.69 Å². The molecular weight excluding hydrogens is 306 g/mol. The molecule has 0 fully saturated rings. The maximum Gasteiger partial charge on any atom is 0.269 e. The largest absolute Gasteiger partial charge is 0.453 e. The van der Waals surface area contributed by atoms with Crippen LogP contribution in [0, 0.1) is 10.1 Å². The highest BCUT2D eigenvalue weighted by Crippen LogP contribution is 2.29. The van der Waals surface area contributed by atoms with E-state index in [0.717, 1.165) is 16.2 Å². The Kier molecular flexibility index (Phi) is 3.13. The molecule has 0 radical (unpaired) electrons. The molecule has 0 aliphatic carbocycles. The molecular formula is C19H11NO4. The maximum atomic E-state index is 12.6. The molecule has 116 valence electrons. The molecule has 0 aliphatic rings. The van der Waals surface area contributed by atoms with Crippen LogP contribution in [0.25, 0.3) is 21.7 Å². The summed E-state index contributed by atoms with van der Waals surface area (Å²) in [5.74, 6) is -0.0830. The molecule has 0 unspecified atom stereocenters. The predicted molar refractivity (Wildman–Crippen MR) is 90.2 cm³/mol. The molecule has 4 aromatic rings. The highest BCUT2D eigenvalue weighted by Gasteiger charge is 2.17. The number of carbonyl (C=O) groups excluding carboxylic acids is 1. The van der Waals surface area contributed by atoms with Gasteiger partial charge in [-0.2, -0.15) is 0 Å². The summed E-state index contributed by atoms with van der Waals surface area (Å²) in [4.78, 5) is 22.8. The van der Waals surface area contributed by atoms with Gasteiger partial charge in [-0.3, -0.25) is 14.9 Å². The summed E-state index contributed by atoms with van der Waals surface area (Å²) in [6.07, 6.45) is 0. The fourth-order valence-electron chi connectivity index (χ4n) is 2.78. The van der Waals surface area contributed by atoms with Crippen LogP contribution >= 0.6 is 0 Å². The number of rotatable bonds is 3. The summed E-state index contributed by atoms with van der Waals surface area (Å²) >= 11 is 0. The van der Waals surface area contributed by atoms with Crippen molar-refractivity contribution in [2.24, 2.45) is 0 Å². The van der Waals surface area contributed by atoms with Crippen molar-refractivity contribution in [3.8, 4) is 0 Å². The number of non-ortho nitro benzene ring substituents is 1. The summed E-state index contributed by atoms with van der Waals surface area (Å²) in [5, 5.41) is 13.7. The minimum absolute atomic E-state index is 0.0536. The Bertz CT molecular complexity index is 1090. The highest BCUT2D eigenvalue weighted by molar-refractivity contribution is 6.13. The number of nitro benzene ring substituents is 1. The first-order valence-corrected chi connectivity index (χ1v) is 7.34. The third-order valence-electron chi connectivity index (χ3n) is 3.99. The third kappa shape index (κ3) is 2.23. The number of nitrogens with zero attached hydrogens (tertiary/aromatic N) is 1. The number of benzene rings is 3. The van der Waals surface area contributed by atoms with Crippen molar-refractivity contribution < 1.29 is 14.1 Å². The zero-order chi connectivity index (χ0) is 16.7. The lowest BCUT2D eigenvalue weighted by Crippen LogP contribution is -1.99. The van der Waals surface area contributed by atoms with Crippen LogP contribution in [0.5, 0.6) is 0 Å². The molecule has 0 saturated heterocycles. The van der Waals surface area contributed by atoms with Crippen molar-refractivity contribution in [1.82, 2.24) is 0 Å². The number of furan rings is 1. The van der Waals surface area contributed by atoms with Crippen molar-refractivity contribution in [3.05, 3.63) is 88.2 Å². The van der Waals surface area contributed by atoms with Crippen LogP contribution in [0.2, 0.25) is 0 Å². The molecule has 0 aliphatic heterocycles. The summed E-state index contributed by atoms with van der Waals surface area (Å²) in [5.41, 5.74) is 0.935. The number of ketones is 1. The Labute approximate surface area is 136 Å². The first-order valence-electron chi connectivity index (χ1n) is 7.34. The molecule has 0 bridgehead atoms. The molecule has 24 heavy (non-hydrogen) atoms. The van der Waals surface area contributed by atoms with Gasteiger partial charge in [0.1, 0.15) is 5.58 Å². The molecule has 0 N–H and O–H groups in total. The van der Waals surface area contributed by atoms with E-state index in [1.807, 2.05) is 36.4 Å². The van der Waals surface area contributed by atoms with Gasteiger partial charge in [0.25, 0.3) is 5.69 Å². The zero-order valence-electron chi connectivity index (χ0n) is 12.4. The van der Waals surface area contributed by atoms with E-state index in [1.165, 1.54) is 24.3 Å². The monoisotopic (exact) mass is 317 g/mol. The molecule has 1 aromatic heterocycles. The molecule has 1 heterocycles. The number of hydrogen-bond acceptors (Lipinski definition) is 4. The summed E-state index contributed by atoms with van der Waals surface area (Å²) in [6, 6.07) is 18.9. The molecule has 0 atom stereocenters. The van der Waals surface area contributed by atoms with Crippen LogP contribution in [0.3, 0.4) is 0 Å². The Morgan fingerprint density at radius 1 is 0.917 bits per heavy atom. The van der Waals surface area contributed by atoms with Crippen molar-refractivity contribution in [3.63, 3.8) is 0 Å². The minimum atomic E-state index is -0.498. The SMILES string of the molecule is O=C(c1ccc([N+](=O)[O-])cc1)c1cc2c(ccc3ccccc32)o1. The van der Waals surface area contributed by atoms with E-state index in [4.69, 9.17) is 4.42 Å². The van der Waals surface area contributed by atoms with E-state index in [1.54, 1.807) is 6.07 Å². The van der Waals surface area contributed by atoms with Gasteiger partial charge in [-0.05, 0) is 35.0 Å². The van der Waals surface area contributed by atoms with Gasteiger partial charge < -0.3 is 4.42 Å². The average Bonchev–Trinajstić information content (AvgIpc) is 3.06. The molecule has 0 amide bonds. The second-order valence-electron chi connectivity index (χ2n) is 5.44. The Morgan fingerprint density at radius 2 is 1.67 bits per heavy atom. The number of hydrogen-bond donors (Lipinski definition) is 0.